The van der Waals surface area contributed by atoms with E-state index in [1.165, 1.54) is 19.3 Å². The average Bonchev–Trinajstić information content (AvgIpc) is 2.13. The van der Waals surface area contributed by atoms with Gasteiger partial charge < -0.3 is 5.11 Å². The minimum Gasteiger partial charge on any atom is -0.366 e. The van der Waals surface area contributed by atoms with E-state index in [1.807, 2.05) is 0 Å². The second kappa shape index (κ2) is 3.32. The fraction of sp³-hybridized carbons (Fsp3) is 1.00. The minimum absolute atomic E-state index is 0.0442. The molecule has 2 fully saturated rings. The predicted molar refractivity (Wildman–Crippen MR) is 43.2 cm³/mol. The van der Waals surface area contributed by atoms with Gasteiger partial charge >= 0.3 is 0 Å². The highest BCUT2D eigenvalue weighted by atomic mass is 17.2. The Balaban J connectivity index is 1.92. The molecule has 2 aliphatic rings. The van der Waals surface area contributed by atoms with Crippen LogP contribution >= 0.6 is 0 Å². The SMILES string of the molecule is OC1CCC2(CCCCC2)OO1. The van der Waals surface area contributed by atoms with Gasteiger partial charge in [-0.25, -0.2) is 9.78 Å². The van der Waals surface area contributed by atoms with E-state index < -0.39 is 6.29 Å². The zero-order valence-corrected chi connectivity index (χ0v) is 7.29. The molecule has 3 heteroatoms. The Hall–Kier alpha value is -0.120. The van der Waals surface area contributed by atoms with Crippen molar-refractivity contribution in [3.63, 3.8) is 0 Å². The Morgan fingerprint density at radius 3 is 2.42 bits per heavy atom. The third-order valence-electron chi connectivity index (χ3n) is 2.95. The Labute approximate surface area is 72.6 Å². The van der Waals surface area contributed by atoms with Crippen molar-refractivity contribution in [2.24, 2.45) is 0 Å². The monoisotopic (exact) mass is 172 g/mol. The quantitative estimate of drug-likeness (QED) is 0.566. The van der Waals surface area contributed by atoms with Crippen molar-refractivity contribution in [1.82, 2.24) is 0 Å². The van der Waals surface area contributed by atoms with E-state index >= 15 is 0 Å². The van der Waals surface area contributed by atoms with Gasteiger partial charge in [-0.15, -0.1) is 0 Å². The summed E-state index contributed by atoms with van der Waals surface area (Å²) in [6.45, 7) is 0. The van der Waals surface area contributed by atoms with E-state index in [9.17, 15) is 0 Å². The molecule has 1 heterocycles. The maximum absolute atomic E-state index is 9.08. The number of hydrogen-bond donors (Lipinski definition) is 1. The summed E-state index contributed by atoms with van der Waals surface area (Å²) in [5.41, 5.74) is -0.0442. The molecule has 1 N–H and O–H groups in total. The molecule has 12 heavy (non-hydrogen) atoms. The molecule has 1 aliphatic carbocycles. The molecule has 70 valence electrons. The van der Waals surface area contributed by atoms with Gasteiger partial charge in [0.05, 0.1) is 0 Å². The Morgan fingerprint density at radius 2 is 1.83 bits per heavy atom. The lowest BCUT2D eigenvalue weighted by atomic mass is 9.81. The first-order chi connectivity index (χ1) is 5.81. The standard InChI is InChI=1S/C9H16O3/c10-8-4-7-9(12-11-8)5-2-1-3-6-9/h8,10H,1-7H2. The van der Waals surface area contributed by atoms with Crippen LogP contribution in [0.3, 0.4) is 0 Å². The molecule has 0 aromatic rings. The summed E-state index contributed by atoms with van der Waals surface area (Å²) in [5, 5.41) is 9.08. The first-order valence-electron chi connectivity index (χ1n) is 4.83. The molecule has 2 rings (SSSR count). The van der Waals surface area contributed by atoms with Crippen molar-refractivity contribution in [2.45, 2.75) is 56.8 Å². The number of aliphatic hydroxyl groups is 1. The summed E-state index contributed by atoms with van der Waals surface area (Å²) in [6, 6.07) is 0. The van der Waals surface area contributed by atoms with Crippen molar-refractivity contribution in [3.8, 4) is 0 Å². The zero-order chi connectivity index (χ0) is 8.44. The highest BCUT2D eigenvalue weighted by molar-refractivity contribution is 4.84. The second-order valence-electron chi connectivity index (χ2n) is 3.92. The molecule has 0 bridgehead atoms. The predicted octanol–water partition coefficient (Wildman–Crippen LogP) is 1.75. The Kier molecular flexibility index (Phi) is 2.35. The van der Waals surface area contributed by atoms with Gasteiger partial charge in [0.2, 0.25) is 0 Å². The van der Waals surface area contributed by atoms with Gasteiger partial charge in [-0.1, -0.05) is 19.3 Å². The van der Waals surface area contributed by atoms with Gasteiger partial charge in [0.15, 0.2) is 6.29 Å². The third kappa shape index (κ3) is 1.63. The first-order valence-corrected chi connectivity index (χ1v) is 4.83. The molecule has 0 radical (unpaired) electrons. The molecule has 1 atom stereocenters. The molecule has 0 aromatic carbocycles. The molecular weight excluding hydrogens is 156 g/mol. The molecule has 1 saturated heterocycles. The molecular formula is C9H16O3. The van der Waals surface area contributed by atoms with Crippen LogP contribution in [0.25, 0.3) is 0 Å². The minimum atomic E-state index is -0.697. The third-order valence-corrected chi connectivity index (χ3v) is 2.95. The van der Waals surface area contributed by atoms with Gasteiger partial charge in [-0.2, -0.15) is 0 Å². The molecule has 0 amide bonds. The smallest absolute Gasteiger partial charge is 0.188 e. The fourth-order valence-corrected chi connectivity index (χ4v) is 2.16. The van der Waals surface area contributed by atoms with Gasteiger partial charge in [-0.05, 0) is 19.3 Å². The fourth-order valence-electron chi connectivity index (χ4n) is 2.16. The van der Waals surface area contributed by atoms with Crippen LogP contribution in [0.4, 0.5) is 0 Å². The van der Waals surface area contributed by atoms with Crippen molar-refractivity contribution < 1.29 is 14.9 Å². The largest absolute Gasteiger partial charge is 0.366 e. The molecule has 1 unspecified atom stereocenters. The molecule has 0 aromatic heterocycles. The van der Waals surface area contributed by atoms with Crippen molar-refractivity contribution in [2.75, 3.05) is 0 Å². The van der Waals surface area contributed by atoms with Crippen LogP contribution in [0.1, 0.15) is 44.9 Å². The van der Waals surface area contributed by atoms with Crippen LogP contribution < -0.4 is 0 Å². The van der Waals surface area contributed by atoms with Crippen molar-refractivity contribution in [1.29, 1.82) is 0 Å². The molecule has 1 spiro atoms. The summed E-state index contributed by atoms with van der Waals surface area (Å²) in [6.07, 6.45) is 6.96. The topological polar surface area (TPSA) is 38.7 Å². The van der Waals surface area contributed by atoms with Crippen molar-refractivity contribution >= 4 is 0 Å². The number of rotatable bonds is 0. The van der Waals surface area contributed by atoms with Crippen LogP contribution in [-0.2, 0) is 9.78 Å². The van der Waals surface area contributed by atoms with E-state index in [2.05, 4.69) is 0 Å². The van der Waals surface area contributed by atoms with Crippen LogP contribution in [-0.4, -0.2) is 17.0 Å². The lowest BCUT2D eigenvalue weighted by Gasteiger charge is -2.39. The average molecular weight is 172 g/mol. The highest BCUT2D eigenvalue weighted by Gasteiger charge is 2.38. The Bertz CT molecular complexity index is 142. The lowest BCUT2D eigenvalue weighted by Crippen LogP contribution is -2.41. The van der Waals surface area contributed by atoms with E-state index in [1.54, 1.807) is 0 Å². The normalized spacial score (nSPS) is 35.2. The van der Waals surface area contributed by atoms with Gasteiger partial charge in [0.1, 0.15) is 5.60 Å². The van der Waals surface area contributed by atoms with Crippen LogP contribution in [0.15, 0.2) is 0 Å². The van der Waals surface area contributed by atoms with E-state index in [0.29, 0.717) is 0 Å². The first kappa shape index (κ1) is 8.48. The number of aliphatic hydroxyl groups excluding tert-OH is 1. The maximum atomic E-state index is 9.08. The summed E-state index contributed by atoms with van der Waals surface area (Å²) in [5.74, 6) is 0. The van der Waals surface area contributed by atoms with E-state index in [-0.39, 0.29) is 5.60 Å². The number of hydrogen-bond acceptors (Lipinski definition) is 3. The molecule has 1 aliphatic heterocycles. The summed E-state index contributed by atoms with van der Waals surface area (Å²) in [7, 11) is 0. The van der Waals surface area contributed by atoms with Crippen LogP contribution in [0, 0.1) is 0 Å². The maximum Gasteiger partial charge on any atom is 0.188 e. The lowest BCUT2D eigenvalue weighted by molar-refractivity contribution is -0.447. The molecule has 3 nitrogen and oxygen atoms in total. The van der Waals surface area contributed by atoms with Crippen LogP contribution in [0.2, 0.25) is 0 Å². The van der Waals surface area contributed by atoms with Crippen molar-refractivity contribution in [3.05, 3.63) is 0 Å². The van der Waals surface area contributed by atoms with Gasteiger partial charge in [0, 0.05) is 6.42 Å². The summed E-state index contributed by atoms with van der Waals surface area (Å²) >= 11 is 0. The van der Waals surface area contributed by atoms with Gasteiger partial charge in [0.25, 0.3) is 0 Å². The second-order valence-corrected chi connectivity index (χ2v) is 3.92. The Morgan fingerprint density at radius 1 is 1.08 bits per heavy atom. The summed E-state index contributed by atoms with van der Waals surface area (Å²) in [4.78, 5) is 10.1. The van der Waals surface area contributed by atoms with Gasteiger partial charge in [-0.3, -0.25) is 0 Å². The summed E-state index contributed by atoms with van der Waals surface area (Å²) < 4.78 is 0. The van der Waals surface area contributed by atoms with E-state index in [4.69, 9.17) is 14.9 Å². The zero-order valence-electron chi connectivity index (χ0n) is 7.29. The van der Waals surface area contributed by atoms with E-state index in [0.717, 1.165) is 25.7 Å². The molecule has 1 saturated carbocycles. The highest BCUT2D eigenvalue weighted by Crippen LogP contribution is 2.38. The van der Waals surface area contributed by atoms with Crippen LogP contribution in [0.5, 0.6) is 0 Å².